The molecule has 6 N–H and O–H groups in total. The van der Waals surface area contributed by atoms with E-state index in [0.29, 0.717) is 39.6 Å². The molecular formula is C87H79BN2O16S2. The van der Waals surface area contributed by atoms with Crippen molar-refractivity contribution in [2.24, 2.45) is 0 Å². The lowest BCUT2D eigenvalue weighted by Crippen LogP contribution is -2.29. The van der Waals surface area contributed by atoms with Crippen LogP contribution in [0.15, 0.2) is 296 Å². The normalized spacial score (nSPS) is 12.6. The number of phenolic OH excluding ortho intramolecular Hbond substituents is 2. The maximum Gasteiger partial charge on any atom is 0.488 e. The number of carbonyl (C=O) groups excluding carboxylic acids is 5. The van der Waals surface area contributed by atoms with Gasteiger partial charge in [-0.3, -0.25) is 34.6 Å². The first kappa shape index (κ1) is 80.9. The van der Waals surface area contributed by atoms with E-state index in [1.165, 1.54) is 18.2 Å². The Hall–Kier alpha value is -12.8. The van der Waals surface area contributed by atoms with Crippen molar-refractivity contribution in [2.45, 2.75) is 26.5 Å². The van der Waals surface area contributed by atoms with Crippen LogP contribution in [0.2, 0.25) is 0 Å². The third kappa shape index (κ3) is 24.1. The second kappa shape index (κ2) is 40.5. The number of ether oxygens (including phenoxy) is 7. The number of aromatic hydroxyl groups is 2. The lowest BCUT2D eigenvalue weighted by Gasteiger charge is -2.10. The number of thioether (sulfide) groups is 2. The molecule has 548 valence electrons. The molecule has 0 radical (unpaired) electrons. The second-order valence-corrected chi connectivity index (χ2v) is 25.4. The summed E-state index contributed by atoms with van der Waals surface area (Å²) in [6, 6.07) is 89.9. The lowest BCUT2D eigenvalue weighted by molar-refractivity contribution is -0.119. The van der Waals surface area contributed by atoms with Crippen molar-refractivity contribution < 1.29 is 77.4 Å². The van der Waals surface area contributed by atoms with Crippen LogP contribution >= 0.6 is 23.5 Å². The van der Waals surface area contributed by atoms with Gasteiger partial charge in [-0.15, -0.1) is 0 Å². The topological polar surface area (TPSA) is 255 Å². The van der Waals surface area contributed by atoms with Gasteiger partial charge in [0, 0.05) is 5.56 Å². The highest BCUT2D eigenvalue weighted by atomic mass is 32.2. The molecule has 2 aliphatic rings. The molecule has 1 unspecified atom stereocenters. The molecule has 14 rings (SSSR count). The Morgan fingerprint density at radius 2 is 0.731 bits per heavy atom. The molecule has 0 aliphatic carbocycles. The Morgan fingerprint density at radius 3 is 1.06 bits per heavy atom. The SMILES string of the molecule is C.C.COc1ccc(-c2cccc(O)c2)cc1.COc1ccc(-c2cccc(Oc3ccc(/C=C4\SC(=O)NC4=O)cc3)c2)cc1.COc1ccc(-c2cccc(Oc3ccc(C=O)cc3)c2)cc1.COc1ccc(-c2cccc(Oc3ccc(CC4SC(=O)NC4=O)cc3)c2)cc1.OB(O)c1cccc(O)c1. The van der Waals surface area contributed by atoms with E-state index >= 15 is 0 Å². The van der Waals surface area contributed by atoms with Gasteiger partial charge in [-0.1, -0.05) is 160 Å². The Balaban J connectivity index is 0.000000176. The molecule has 1 atom stereocenters. The highest BCUT2D eigenvalue weighted by Crippen LogP contribution is 2.35. The van der Waals surface area contributed by atoms with Crippen LogP contribution in [0.3, 0.4) is 0 Å². The first-order valence-corrected chi connectivity index (χ1v) is 34.5. The van der Waals surface area contributed by atoms with E-state index < -0.39 is 7.12 Å². The monoisotopic (exact) mass is 1480 g/mol. The standard InChI is InChI=1S/C23H19NO4S.C23H17NO4S.C20H16O3.C13H12O2.C6H7BO3.2CH4/c2*1-27-18-11-7-16(8-12-18)17-3-2-4-20(14-17)28-19-9-5-15(6-10-19)13-21-22(25)24-23(26)29-21;1-22-18-11-7-16(8-12-18)17-3-2-4-20(13-17)23-19-9-5-15(14-21)6-10-19;1-15-13-7-5-10(6-8-13)11-3-2-4-12(14)9-11;8-6-3-1-2-5(4-6)7(9)10;;/h2-12,14,21H,13H2,1H3,(H,24,25,26);2-14H,1H3,(H,24,25,26);2-14H,1H3;2-9,14H,1H3;1-4,8-10H;2*1H4/b;21-13-;;;;;. The summed E-state index contributed by atoms with van der Waals surface area (Å²) < 4.78 is 38.5. The van der Waals surface area contributed by atoms with E-state index in [9.17, 15) is 29.1 Å². The van der Waals surface area contributed by atoms with Gasteiger partial charge in [0.25, 0.3) is 16.4 Å². The average molecular weight is 1480 g/mol. The summed E-state index contributed by atoms with van der Waals surface area (Å²) in [7, 11) is 5.08. The number of hydrogen-bond donors (Lipinski definition) is 6. The zero-order chi connectivity index (χ0) is 74.7. The third-order valence-corrected chi connectivity index (χ3v) is 17.7. The molecule has 18 nitrogen and oxygen atoms in total. The predicted octanol–water partition coefficient (Wildman–Crippen LogP) is 18.9. The molecule has 0 bridgehead atoms. The number of methoxy groups -OCH3 is 4. The minimum absolute atomic E-state index is 0. The van der Waals surface area contributed by atoms with Crippen molar-refractivity contribution in [1.29, 1.82) is 0 Å². The van der Waals surface area contributed by atoms with E-state index in [0.717, 1.165) is 126 Å². The molecule has 2 saturated heterocycles. The second-order valence-electron chi connectivity index (χ2n) is 23.2. The molecule has 2 aliphatic heterocycles. The first-order valence-electron chi connectivity index (χ1n) is 32.8. The molecular weight excluding hydrogens is 1400 g/mol. The van der Waals surface area contributed by atoms with Crippen molar-refractivity contribution in [3.63, 3.8) is 0 Å². The molecule has 2 heterocycles. The zero-order valence-corrected chi connectivity index (χ0v) is 59.4. The van der Waals surface area contributed by atoms with Crippen molar-refractivity contribution in [1.82, 2.24) is 10.6 Å². The number of imide groups is 2. The van der Waals surface area contributed by atoms with Crippen LogP contribution in [-0.4, -0.2) is 89.6 Å². The van der Waals surface area contributed by atoms with Crippen LogP contribution in [0.25, 0.3) is 50.6 Å². The van der Waals surface area contributed by atoms with Gasteiger partial charge in [0.05, 0.1) is 38.6 Å². The molecule has 12 aromatic carbocycles. The van der Waals surface area contributed by atoms with E-state index in [1.54, 1.807) is 77.0 Å². The number of hydrogen-bond acceptors (Lipinski definition) is 18. The zero-order valence-electron chi connectivity index (χ0n) is 57.7. The predicted molar refractivity (Wildman–Crippen MR) is 429 cm³/mol. The number of phenols is 2. The van der Waals surface area contributed by atoms with Crippen molar-refractivity contribution >= 4 is 70.8 Å². The average Bonchev–Trinajstić information content (AvgIpc) is 1.37. The molecule has 4 amide bonds. The maximum absolute atomic E-state index is 11.7. The summed E-state index contributed by atoms with van der Waals surface area (Å²) in [5.41, 5.74) is 11.2. The smallest absolute Gasteiger partial charge is 0.488 e. The molecule has 12 aromatic rings. The Kier molecular flexibility index (Phi) is 30.3. The molecule has 0 aromatic heterocycles. The van der Waals surface area contributed by atoms with Crippen LogP contribution in [-0.2, 0) is 16.0 Å². The van der Waals surface area contributed by atoms with Crippen LogP contribution in [0, 0.1) is 0 Å². The molecule has 2 fully saturated rings. The number of aldehydes is 1. The van der Waals surface area contributed by atoms with Crippen LogP contribution < -0.4 is 49.3 Å². The molecule has 21 heteroatoms. The minimum Gasteiger partial charge on any atom is -0.508 e. The van der Waals surface area contributed by atoms with Crippen LogP contribution in [0.5, 0.6) is 69.0 Å². The van der Waals surface area contributed by atoms with Gasteiger partial charge in [-0.25, -0.2) is 0 Å². The van der Waals surface area contributed by atoms with Gasteiger partial charge in [0.2, 0.25) is 5.91 Å². The summed E-state index contributed by atoms with van der Waals surface area (Å²) in [5, 5.41) is 38.9. The molecule has 0 spiro atoms. The third-order valence-electron chi connectivity index (χ3n) is 15.9. The lowest BCUT2D eigenvalue weighted by atomic mass is 9.80. The highest BCUT2D eigenvalue weighted by Gasteiger charge is 2.31. The van der Waals surface area contributed by atoms with Gasteiger partial charge < -0.3 is 53.4 Å². The number of rotatable bonds is 19. The van der Waals surface area contributed by atoms with Crippen molar-refractivity contribution in [2.75, 3.05) is 28.4 Å². The summed E-state index contributed by atoms with van der Waals surface area (Å²) in [4.78, 5) is 56.9. The Labute approximate surface area is 636 Å². The Bertz CT molecular complexity index is 4970. The van der Waals surface area contributed by atoms with Gasteiger partial charge in [0.1, 0.15) is 75.3 Å². The summed E-state index contributed by atoms with van der Waals surface area (Å²) >= 11 is 1.94. The molecule has 108 heavy (non-hydrogen) atoms. The number of nitrogens with one attached hydrogen (secondary N) is 2. The quantitative estimate of drug-likeness (QED) is 0.0250. The van der Waals surface area contributed by atoms with E-state index in [4.69, 9.17) is 48.3 Å². The minimum atomic E-state index is -1.51. The maximum atomic E-state index is 11.7. The van der Waals surface area contributed by atoms with Gasteiger partial charge in [-0.05, 0) is 243 Å². The van der Waals surface area contributed by atoms with Crippen molar-refractivity contribution in [3.8, 4) is 114 Å². The number of amides is 4. The summed E-state index contributed by atoms with van der Waals surface area (Å²) in [6.07, 6.45) is 3.00. The van der Waals surface area contributed by atoms with Gasteiger partial charge in [0.15, 0.2) is 0 Å². The first-order chi connectivity index (χ1) is 51.5. The van der Waals surface area contributed by atoms with E-state index in [-0.39, 0.29) is 53.9 Å². The van der Waals surface area contributed by atoms with Gasteiger partial charge in [-0.2, -0.15) is 0 Å². The fraction of sp³-hybridized carbons (Fsp3) is 0.0920. The largest absolute Gasteiger partial charge is 0.508 e. The van der Waals surface area contributed by atoms with Crippen LogP contribution in [0.1, 0.15) is 36.3 Å². The molecule has 0 saturated carbocycles. The summed E-state index contributed by atoms with van der Waals surface area (Å²) in [6.45, 7) is 0. The van der Waals surface area contributed by atoms with E-state index in [1.807, 2.05) is 231 Å². The van der Waals surface area contributed by atoms with Gasteiger partial charge >= 0.3 is 7.12 Å². The number of benzene rings is 12. The van der Waals surface area contributed by atoms with Crippen molar-refractivity contribution in [3.05, 3.63) is 313 Å². The highest BCUT2D eigenvalue weighted by molar-refractivity contribution is 8.18. The fourth-order valence-electron chi connectivity index (χ4n) is 10.4. The van der Waals surface area contributed by atoms with Crippen LogP contribution in [0.4, 0.5) is 9.59 Å². The Morgan fingerprint density at radius 1 is 0.380 bits per heavy atom. The summed E-state index contributed by atoms with van der Waals surface area (Å²) in [5.74, 6) is 7.31. The fourth-order valence-corrected chi connectivity index (χ4v) is 11.9. The van der Waals surface area contributed by atoms with E-state index in [2.05, 4.69) is 10.6 Å². The number of carbonyl (C=O) groups is 5.